The van der Waals surface area contributed by atoms with E-state index in [9.17, 15) is 19.2 Å². The number of anilines is 2. The van der Waals surface area contributed by atoms with Gasteiger partial charge in [-0.15, -0.1) is 5.10 Å². The van der Waals surface area contributed by atoms with Gasteiger partial charge >= 0.3 is 6.01 Å². The number of carbonyl (C=O) groups excluding carboxylic acids is 4. The fraction of sp³-hybridized carbons (Fsp3) is 0.0870. The van der Waals surface area contributed by atoms with E-state index in [1.807, 2.05) is 72.8 Å². The summed E-state index contributed by atoms with van der Waals surface area (Å²) >= 11 is 6.33. The maximum atomic E-state index is 14.7. The second-order valence-electron chi connectivity index (χ2n) is 14.9. The van der Waals surface area contributed by atoms with E-state index >= 15 is 0 Å². The second kappa shape index (κ2) is 11.8. The second-order valence-corrected chi connectivity index (χ2v) is 15.3. The standard InChI is InChI=1S/C46H27ClN6O5/c47-30-16-6-1-15-29(30)41-48-49-46(58-41)53-44(56)39-37-38(40(39)45(53)57)43(55)52(42(37)54)35-22-21-24(50-31-17-7-2-11-25(31)26-12-3-8-18-32(26)50)23-36(35)51-33-19-9-4-13-27(33)28-14-5-10-20-34(28)51/h1-23,37-40H. The summed E-state index contributed by atoms with van der Waals surface area (Å²) in [5, 5.41) is 12.6. The molecular formula is C46H27ClN6O5. The maximum Gasteiger partial charge on any atom is 0.332 e. The van der Waals surface area contributed by atoms with E-state index in [-0.39, 0.29) is 11.9 Å². The fourth-order valence-corrected chi connectivity index (χ4v) is 9.88. The zero-order chi connectivity index (χ0) is 39.0. The summed E-state index contributed by atoms with van der Waals surface area (Å²) in [7, 11) is 0. The van der Waals surface area contributed by atoms with Gasteiger partial charge in [-0.25, -0.2) is 4.90 Å². The number of benzene rings is 6. The molecule has 0 N–H and O–H groups in total. The first-order valence-electron chi connectivity index (χ1n) is 18.9. The van der Waals surface area contributed by atoms with E-state index in [0.717, 1.165) is 54.2 Å². The lowest BCUT2D eigenvalue weighted by Gasteiger charge is -2.36. The monoisotopic (exact) mass is 778 g/mol. The minimum Gasteiger partial charge on any atom is -0.403 e. The molecule has 6 aromatic carbocycles. The number of amides is 4. The molecule has 0 radical (unpaired) electrons. The van der Waals surface area contributed by atoms with E-state index in [2.05, 4.69) is 55.7 Å². The summed E-state index contributed by atoms with van der Waals surface area (Å²) in [6, 6.07) is 44.7. The highest BCUT2D eigenvalue weighted by atomic mass is 35.5. The highest BCUT2D eigenvalue weighted by Gasteiger charge is 2.74. The van der Waals surface area contributed by atoms with Gasteiger partial charge in [-0.3, -0.25) is 19.2 Å². The summed E-state index contributed by atoms with van der Waals surface area (Å²) in [6.07, 6.45) is 0. The predicted octanol–water partition coefficient (Wildman–Crippen LogP) is 8.51. The van der Waals surface area contributed by atoms with Crippen molar-refractivity contribution in [2.75, 3.05) is 9.80 Å². The topological polar surface area (TPSA) is 124 Å². The van der Waals surface area contributed by atoms with Crippen LogP contribution in [0.2, 0.25) is 5.02 Å². The molecule has 1 aliphatic carbocycles. The number of para-hydroxylation sites is 4. The Hall–Kier alpha value is -7.37. The van der Waals surface area contributed by atoms with E-state index in [1.165, 1.54) is 4.90 Å². The molecule has 3 aromatic heterocycles. The zero-order valence-corrected chi connectivity index (χ0v) is 30.9. The first-order valence-corrected chi connectivity index (χ1v) is 19.2. The molecule has 2 saturated heterocycles. The van der Waals surface area contributed by atoms with Gasteiger partial charge in [-0.2, -0.15) is 4.90 Å². The molecule has 2 aliphatic heterocycles. The Balaban J connectivity index is 0.998. The van der Waals surface area contributed by atoms with Crippen LogP contribution in [0.25, 0.3) is 66.4 Å². The predicted molar refractivity (Wildman–Crippen MR) is 219 cm³/mol. The van der Waals surface area contributed by atoms with Crippen molar-refractivity contribution in [3.8, 4) is 22.8 Å². The minimum atomic E-state index is -1.05. The summed E-state index contributed by atoms with van der Waals surface area (Å²) in [6.45, 7) is 0. The lowest BCUT2D eigenvalue weighted by atomic mass is 9.59. The first-order chi connectivity index (χ1) is 28.4. The molecule has 5 heterocycles. The number of hydrogen-bond donors (Lipinski definition) is 0. The Morgan fingerprint density at radius 1 is 0.466 bits per heavy atom. The Bertz CT molecular complexity index is 3160. The zero-order valence-electron chi connectivity index (χ0n) is 30.2. The fourth-order valence-electron chi connectivity index (χ4n) is 9.67. The molecule has 9 aromatic rings. The van der Waals surface area contributed by atoms with Gasteiger partial charge in [-0.1, -0.05) is 102 Å². The Kier molecular flexibility index (Phi) is 6.69. The molecule has 3 aliphatic rings. The van der Waals surface area contributed by atoms with Gasteiger partial charge in [-0.05, 0) is 54.6 Å². The molecule has 4 amide bonds. The Morgan fingerprint density at radius 3 is 1.43 bits per heavy atom. The smallest absolute Gasteiger partial charge is 0.332 e. The number of rotatable bonds is 5. The van der Waals surface area contributed by atoms with Gasteiger partial charge in [0.25, 0.3) is 5.89 Å². The minimum absolute atomic E-state index is 0.0286. The van der Waals surface area contributed by atoms with Crippen LogP contribution in [0, 0.1) is 23.7 Å². The highest BCUT2D eigenvalue weighted by molar-refractivity contribution is 6.33. The van der Waals surface area contributed by atoms with Crippen molar-refractivity contribution in [1.82, 2.24) is 19.3 Å². The van der Waals surface area contributed by atoms with Crippen molar-refractivity contribution in [2.45, 2.75) is 0 Å². The normalized spacial score (nSPS) is 20.2. The van der Waals surface area contributed by atoms with Crippen LogP contribution in [0.1, 0.15) is 0 Å². The van der Waals surface area contributed by atoms with Crippen LogP contribution in [0.4, 0.5) is 11.7 Å². The van der Waals surface area contributed by atoms with Gasteiger partial charge in [0.2, 0.25) is 23.6 Å². The van der Waals surface area contributed by atoms with Crippen molar-refractivity contribution >= 4 is 90.5 Å². The van der Waals surface area contributed by atoms with Gasteiger partial charge in [0.05, 0.1) is 67.7 Å². The van der Waals surface area contributed by atoms with Crippen molar-refractivity contribution < 1.29 is 23.6 Å². The van der Waals surface area contributed by atoms with E-state index in [1.54, 1.807) is 30.3 Å². The van der Waals surface area contributed by atoms with Gasteiger partial charge < -0.3 is 13.6 Å². The van der Waals surface area contributed by atoms with Crippen molar-refractivity contribution in [2.24, 2.45) is 23.7 Å². The average molecular weight is 779 g/mol. The molecule has 0 spiro atoms. The molecule has 1 saturated carbocycles. The summed E-state index contributed by atoms with van der Waals surface area (Å²) < 4.78 is 10.1. The highest BCUT2D eigenvalue weighted by Crippen LogP contribution is 2.58. The largest absolute Gasteiger partial charge is 0.403 e. The van der Waals surface area contributed by atoms with Crippen LogP contribution in [0.3, 0.4) is 0 Å². The number of halogens is 1. The number of hydrogen-bond acceptors (Lipinski definition) is 7. The van der Waals surface area contributed by atoms with E-state index in [0.29, 0.717) is 22.0 Å². The van der Waals surface area contributed by atoms with Crippen LogP contribution in [0.15, 0.2) is 144 Å². The number of imide groups is 2. The van der Waals surface area contributed by atoms with Crippen LogP contribution in [-0.2, 0) is 19.2 Å². The summed E-state index contributed by atoms with van der Waals surface area (Å²) in [5.74, 6) is -6.52. The van der Waals surface area contributed by atoms with Gasteiger partial charge in [0.1, 0.15) is 0 Å². The molecule has 58 heavy (non-hydrogen) atoms. The number of carbonyl (C=O) groups is 4. The summed E-state index contributed by atoms with van der Waals surface area (Å²) in [4.78, 5) is 59.5. The molecule has 4 atom stereocenters. The lowest BCUT2D eigenvalue weighted by Crippen LogP contribution is -2.50. The van der Waals surface area contributed by atoms with Crippen LogP contribution >= 0.6 is 11.6 Å². The molecule has 11 nitrogen and oxygen atoms in total. The number of fused-ring (bicyclic) bond motifs is 10. The summed E-state index contributed by atoms with van der Waals surface area (Å²) in [5.41, 5.74) is 6.01. The van der Waals surface area contributed by atoms with Crippen LogP contribution in [-0.4, -0.2) is 43.0 Å². The first kappa shape index (κ1) is 32.8. The van der Waals surface area contributed by atoms with Crippen molar-refractivity contribution in [1.29, 1.82) is 0 Å². The van der Waals surface area contributed by atoms with Gasteiger partial charge in [0.15, 0.2) is 0 Å². The molecule has 4 unspecified atom stereocenters. The number of nitrogens with zero attached hydrogens (tertiary/aromatic N) is 6. The molecule has 278 valence electrons. The number of aromatic nitrogens is 4. The average Bonchev–Trinajstić information content (AvgIpc) is 4.01. The molecule has 12 rings (SSSR count). The molecule has 0 bridgehead atoms. The van der Waals surface area contributed by atoms with Crippen LogP contribution < -0.4 is 9.80 Å². The maximum absolute atomic E-state index is 14.7. The van der Waals surface area contributed by atoms with E-state index in [4.69, 9.17) is 16.0 Å². The molecule has 12 heteroatoms. The quantitative estimate of drug-likeness (QED) is 0.161. The van der Waals surface area contributed by atoms with Gasteiger partial charge in [0, 0.05) is 27.2 Å². The Morgan fingerprint density at radius 2 is 0.914 bits per heavy atom. The third-order valence-corrected chi connectivity index (χ3v) is 12.5. The van der Waals surface area contributed by atoms with E-state index < -0.39 is 47.3 Å². The third-order valence-electron chi connectivity index (χ3n) is 12.1. The SMILES string of the molecule is O=C1C2C(C(=O)N1c1nnc(-c3ccccc3Cl)o1)C1C(=O)N(c3ccc(-n4c5ccccc5c5ccccc54)cc3-n3c4ccccc4c4ccccc43)C(=O)C21. The molecular weight excluding hydrogens is 752 g/mol. The molecule has 3 fully saturated rings. The van der Waals surface area contributed by atoms with Crippen LogP contribution in [0.5, 0.6) is 0 Å². The van der Waals surface area contributed by atoms with Crippen molar-refractivity contribution in [3.63, 3.8) is 0 Å². The van der Waals surface area contributed by atoms with Crippen molar-refractivity contribution in [3.05, 3.63) is 145 Å². The lowest BCUT2D eigenvalue weighted by molar-refractivity contribution is -0.146. The third kappa shape index (κ3) is 4.22. The Labute approximate surface area is 333 Å².